The number of aryl methyl sites for hydroxylation is 2. The molecule has 4 heterocycles. The van der Waals surface area contributed by atoms with Gasteiger partial charge in [-0.05, 0) is 56.7 Å². The lowest BCUT2D eigenvalue weighted by atomic mass is 9.79. The predicted molar refractivity (Wildman–Crippen MR) is 141 cm³/mol. The van der Waals surface area contributed by atoms with Gasteiger partial charge in [0.15, 0.2) is 5.65 Å². The van der Waals surface area contributed by atoms with E-state index in [-0.39, 0.29) is 0 Å². The van der Waals surface area contributed by atoms with Gasteiger partial charge in [-0.2, -0.15) is 9.97 Å². The lowest BCUT2D eigenvalue weighted by molar-refractivity contribution is 0.285. The summed E-state index contributed by atoms with van der Waals surface area (Å²) in [5.74, 6) is 1.35. The predicted octanol–water partition coefficient (Wildman–Crippen LogP) is 5.43. The smallest absolute Gasteiger partial charge is 0.318 e. The average molecular weight is 491 g/mol. The summed E-state index contributed by atoms with van der Waals surface area (Å²) in [7, 11) is 0. The Morgan fingerprint density at radius 3 is 2.89 bits per heavy atom. The van der Waals surface area contributed by atoms with Gasteiger partial charge in [0.1, 0.15) is 17.2 Å². The molecule has 4 rings (SSSR count). The Kier molecular flexibility index (Phi) is 8.59. The molecule has 3 aromatic rings. The zero-order valence-corrected chi connectivity index (χ0v) is 21.4. The number of pyridine rings is 1. The molecule has 1 saturated heterocycles. The molecule has 0 amide bonds. The number of aromatic nitrogens is 5. The van der Waals surface area contributed by atoms with Crippen molar-refractivity contribution >= 4 is 11.2 Å². The molecule has 0 spiro atoms. The van der Waals surface area contributed by atoms with Crippen LogP contribution in [0.15, 0.2) is 54.9 Å². The van der Waals surface area contributed by atoms with Gasteiger partial charge in [0.25, 0.3) is 0 Å². The number of imidazole rings is 1. The molecule has 1 aliphatic rings. The number of hydrogen-bond acceptors (Lipinski definition) is 6. The Balaban J connectivity index is 1.65. The number of piperidine rings is 1. The van der Waals surface area contributed by atoms with Crippen LogP contribution < -0.4 is 10.1 Å². The first-order valence-corrected chi connectivity index (χ1v) is 12.7. The summed E-state index contributed by atoms with van der Waals surface area (Å²) in [6, 6.07) is 1.76. The zero-order chi connectivity index (χ0) is 25.5. The Morgan fingerprint density at radius 1 is 1.28 bits per heavy atom. The molecule has 1 aliphatic heterocycles. The molecule has 190 valence electrons. The highest BCUT2D eigenvalue weighted by atomic mass is 19.1. The highest BCUT2D eigenvalue weighted by Crippen LogP contribution is 2.30. The van der Waals surface area contributed by atoms with E-state index in [0.29, 0.717) is 53.5 Å². The maximum Gasteiger partial charge on any atom is 0.318 e. The van der Waals surface area contributed by atoms with Gasteiger partial charge < -0.3 is 14.6 Å². The van der Waals surface area contributed by atoms with E-state index < -0.39 is 5.82 Å². The summed E-state index contributed by atoms with van der Waals surface area (Å²) in [5, 5.41) is 3.54. The molecule has 2 atom stereocenters. The Morgan fingerprint density at radius 2 is 2.14 bits per heavy atom. The van der Waals surface area contributed by atoms with Gasteiger partial charge in [-0.3, -0.25) is 4.98 Å². The molecule has 0 radical (unpaired) electrons. The van der Waals surface area contributed by atoms with Crippen LogP contribution in [-0.4, -0.2) is 44.2 Å². The molecule has 0 saturated carbocycles. The Labute approximate surface area is 212 Å². The lowest BCUT2D eigenvalue weighted by Gasteiger charge is -2.32. The van der Waals surface area contributed by atoms with Crippen molar-refractivity contribution in [3.05, 3.63) is 66.4 Å². The average Bonchev–Trinajstić information content (AvgIpc) is 3.25. The number of nitrogens with zero attached hydrogens (tertiary/aromatic N) is 5. The van der Waals surface area contributed by atoms with Crippen molar-refractivity contribution in [3.63, 3.8) is 0 Å². The highest BCUT2D eigenvalue weighted by molar-refractivity contribution is 5.79. The van der Waals surface area contributed by atoms with E-state index in [4.69, 9.17) is 9.72 Å². The number of ether oxygens (including phenoxy) is 1. The van der Waals surface area contributed by atoms with Crippen LogP contribution in [-0.2, 0) is 6.54 Å². The third-order valence-corrected chi connectivity index (χ3v) is 6.70. The second kappa shape index (κ2) is 12.0. The summed E-state index contributed by atoms with van der Waals surface area (Å²) < 4.78 is 21.6. The molecule has 0 aromatic carbocycles. The molecule has 1 fully saturated rings. The third-order valence-electron chi connectivity index (χ3n) is 6.70. The first kappa shape index (κ1) is 25.7. The molecule has 2 unspecified atom stereocenters. The molecule has 8 heteroatoms. The van der Waals surface area contributed by atoms with Crippen molar-refractivity contribution in [1.29, 1.82) is 0 Å². The quantitative estimate of drug-likeness (QED) is 0.382. The van der Waals surface area contributed by atoms with E-state index in [1.807, 2.05) is 24.5 Å². The first-order valence-electron chi connectivity index (χ1n) is 12.7. The van der Waals surface area contributed by atoms with Crippen molar-refractivity contribution < 1.29 is 9.13 Å². The van der Waals surface area contributed by atoms with Crippen molar-refractivity contribution in [2.45, 2.75) is 46.6 Å². The van der Waals surface area contributed by atoms with E-state index in [1.54, 1.807) is 6.20 Å². The summed E-state index contributed by atoms with van der Waals surface area (Å²) in [6.45, 7) is 13.1. The molecule has 0 bridgehead atoms. The van der Waals surface area contributed by atoms with E-state index >= 15 is 0 Å². The van der Waals surface area contributed by atoms with Crippen LogP contribution in [0.1, 0.15) is 38.8 Å². The van der Waals surface area contributed by atoms with Gasteiger partial charge in [-0.15, -0.1) is 0 Å². The monoisotopic (exact) mass is 490 g/mol. The zero-order valence-electron chi connectivity index (χ0n) is 21.4. The maximum atomic E-state index is 14.0. The molecule has 36 heavy (non-hydrogen) atoms. The number of nitrogens with one attached hydrogen (secondary N) is 1. The van der Waals surface area contributed by atoms with Crippen LogP contribution in [0.5, 0.6) is 6.01 Å². The van der Waals surface area contributed by atoms with Gasteiger partial charge in [-0.25, -0.2) is 9.37 Å². The molecule has 0 aliphatic carbocycles. The highest BCUT2D eigenvalue weighted by Gasteiger charge is 2.25. The second-order valence-electron chi connectivity index (χ2n) is 9.04. The van der Waals surface area contributed by atoms with Gasteiger partial charge in [0.05, 0.1) is 18.5 Å². The Hall–Kier alpha value is -3.39. The summed E-state index contributed by atoms with van der Waals surface area (Å²) in [4.78, 5) is 17.9. The van der Waals surface area contributed by atoms with Gasteiger partial charge >= 0.3 is 6.01 Å². The fourth-order valence-electron chi connectivity index (χ4n) is 4.93. The van der Waals surface area contributed by atoms with Crippen LogP contribution in [0, 0.1) is 24.6 Å². The molecular formula is C28H35FN6O. The topological polar surface area (TPSA) is 77.8 Å². The van der Waals surface area contributed by atoms with Crippen LogP contribution >= 0.6 is 0 Å². The van der Waals surface area contributed by atoms with Crippen molar-refractivity contribution in [2.75, 3.05) is 19.7 Å². The minimum Gasteiger partial charge on any atom is -0.464 e. The molecule has 3 aromatic heterocycles. The normalized spacial score (nSPS) is 18.7. The van der Waals surface area contributed by atoms with Gasteiger partial charge in [0, 0.05) is 24.8 Å². The summed E-state index contributed by atoms with van der Waals surface area (Å²) in [5.41, 5.74) is 3.96. The van der Waals surface area contributed by atoms with E-state index in [9.17, 15) is 4.39 Å². The molecule has 7 nitrogen and oxygen atoms in total. The summed E-state index contributed by atoms with van der Waals surface area (Å²) in [6.07, 6.45) is 14.3. The van der Waals surface area contributed by atoms with Crippen LogP contribution in [0.25, 0.3) is 22.6 Å². The minimum absolute atomic E-state index is 0.315. The fourth-order valence-corrected chi connectivity index (χ4v) is 4.93. The van der Waals surface area contributed by atoms with Crippen molar-refractivity contribution in [3.8, 4) is 17.4 Å². The second-order valence-corrected chi connectivity index (χ2v) is 9.04. The van der Waals surface area contributed by atoms with E-state index in [2.05, 4.69) is 52.0 Å². The number of fused-ring (bicyclic) bond motifs is 1. The third kappa shape index (κ3) is 5.70. The first-order chi connectivity index (χ1) is 17.5. The molecular weight excluding hydrogens is 455 g/mol. The van der Waals surface area contributed by atoms with Gasteiger partial charge in [-0.1, -0.05) is 44.2 Å². The van der Waals surface area contributed by atoms with Crippen LogP contribution in [0.3, 0.4) is 0 Å². The number of allylic oxidation sites excluding steroid dienone is 4. The lowest BCUT2D eigenvalue weighted by Crippen LogP contribution is -2.37. The Bertz CT molecular complexity index is 1260. The van der Waals surface area contributed by atoms with E-state index in [1.165, 1.54) is 30.7 Å². The number of hydrogen-bond donors (Lipinski definition) is 1. The number of halogens is 1. The minimum atomic E-state index is -0.408. The summed E-state index contributed by atoms with van der Waals surface area (Å²) >= 11 is 0. The van der Waals surface area contributed by atoms with Gasteiger partial charge in [0.2, 0.25) is 0 Å². The number of rotatable bonds is 10. The van der Waals surface area contributed by atoms with Crippen molar-refractivity contribution in [1.82, 2.24) is 29.8 Å². The van der Waals surface area contributed by atoms with E-state index in [0.717, 1.165) is 25.2 Å². The van der Waals surface area contributed by atoms with Crippen LogP contribution in [0.4, 0.5) is 4.39 Å². The van der Waals surface area contributed by atoms with Crippen LogP contribution in [0.2, 0.25) is 0 Å². The van der Waals surface area contributed by atoms with Crippen molar-refractivity contribution in [2.24, 2.45) is 11.8 Å². The maximum absolute atomic E-state index is 14.0. The fraction of sp³-hybridized carbons (Fsp3) is 0.429. The largest absolute Gasteiger partial charge is 0.464 e. The standard InChI is InChI=1S/C28H35FN6O/c1-5-10-21(24-18-30-13-12-20(24)6-2)11-8-9-14-35-26(22-15-23(29)17-31-16-22)33-25-19(4)32-28(36-7-3)34-27(25)35/h5,8,10-11,15-17,20,24,30H,1,6-7,9,12-14,18H2,2-4H3/b11-8-,21-10+. The molecule has 1 N–H and O–H groups in total. The SMILES string of the molecule is C=C/C=C(\C=C/CCn1c(-c2cncc(F)c2)nc2c(C)nc(OCC)nc21)C1CNCCC1CC.